The minimum atomic E-state index is 0.431. The summed E-state index contributed by atoms with van der Waals surface area (Å²) in [5, 5.41) is 4.43. The summed E-state index contributed by atoms with van der Waals surface area (Å²) in [6.07, 6.45) is 0. The van der Waals surface area contributed by atoms with E-state index < -0.39 is 0 Å². The zero-order chi connectivity index (χ0) is 12.4. The van der Waals surface area contributed by atoms with Crippen molar-refractivity contribution in [2.45, 2.75) is 20.4 Å². The molecule has 0 aliphatic carbocycles. The highest BCUT2D eigenvalue weighted by Gasteiger charge is 2.03. The third kappa shape index (κ3) is 2.71. The topological polar surface area (TPSA) is 43.8 Å². The largest absolute Gasteiger partial charge is 0.389 e. The number of rotatable bonds is 3. The van der Waals surface area contributed by atoms with Crippen molar-refractivity contribution in [2.24, 2.45) is 5.73 Å². The maximum absolute atomic E-state index is 5.62. The van der Waals surface area contributed by atoms with Crippen LogP contribution >= 0.6 is 12.2 Å². The molecule has 0 atom stereocenters. The lowest BCUT2D eigenvalue weighted by atomic mass is 10.1. The van der Waals surface area contributed by atoms with E-state index in [4.69, 9.17) is 18.0 Å². The van der Waals surface area contributed by atoms with Crippen LogP contribution < -0.4 is 5.73 Å². The van der Waals surface area contributed by atoms with E-state index in [0.29, 0.717) is 4.99 Å². The van der Waals surface area contributed by atoms with Crippen LogP contribution in [0, 0.1) is 13.8 Å². The fourth-order valence-corrected chi connectivity index (χ4v) is 1.96. The van der Waals surface area contributed by atoms with Crippen molar-refractivity contribution in [1.29, 1.82) is 0 Å². The first-order chi connectivity index (χ1) is 8.06. The number of aryl methyl sites for hydroxylation is 2. The van der Waals surface area contributed by atoms with Crippen LogP contribution in [0.15, 0.2) is 30.3 Å². The Bertz CT molecular complexity index is 558. The molecule has 88 valence electrons. The second kappa shape index (κ2) is 4.67. The summed E-state index contributed by atoms with van der Waals surface area (Å²) in [7, 11) is 0. The summed E-state index contributed by atoms with van der Waals surface area (Å²) in [6, 6.07) is 10.0. The summed E-state index contributed by atoms with van der Waals surface area (Å²) < 4.78 is 1.98. The fraction of sp³-hybridized carbons (Fsp3) is 0.231. The van der Waals surface area contributed by atoms with Gasteiger partial charge in [-0.25, -0.2) is 0 Å². The predicted octanol–water partition coefficient (Wildman–Crippen LogP) is 2.18. The monoisotopic (exact) mass is 245 g/mol. The van der Waals surface area contributed by atoms with Crippen LogP contribution in [0.2, 0.25) is 0 Å². The Kier molecular flexibility index (Phi) is 3.24. The lowest BCUT2D eigenvalue weighted by Crippen LogP contribution is -2.10. The molecule has 0 unspecified atom stereocenters. The van der Waals surface area contributed by atoms with Gasteiger partial charge < -0.3 is 5.73 Å². The van der Waals surface area contributed by atoms with Crippen LogP contribution in [0.5, 0.6) is 0 Å². The van der Waals surface area contributed by atoms with E-state index in [9.17, 15) is 0 Å². The van der Waals surface area contributed by atoms with Crippen molar-refractivity contribution >= 4 is 17.2 Å². The molecule has 2 rings (SSSR count). The van der Waals surface area contributed by atoms with Gasteiger partial charge in [0, 0.05) is 11.3 Å². The SMILES string of the molecule is Cc1cc(C)n(Cc2cccc(C(N)=S)c2)n1. The van der Waals surface area contributed by atoms with E-state index in [1.165, 1.54) is 0 Å². The highest BCUT2D eigenvalue weighted by Crippen LogP contribution is 2.09. The molecule has 1 aromatic carbocycles. The van der Waals surface area contributed by atoms with Crippen molar-refractivity contribution < 1.29 is 0 Å². The van der Waals surface area contributed by atoms with Gasteiger partial charge in [0.05, 0.1) is 12.2 Å². The Morgan fingerprint density at radius 1 is 1.35 bits per heavy atom. The van der Waals surface area contributed by atoms with Gasteiger partial charge in [0.1, 0.15) is 4.99 Å². The molecule has 0 amide bonds. The average molecular weight is 245 g/mol. The second-order valence-corrected chi connectivity index (χ2v) is 4.59. The predicted molar refractivity (Wildman–Crippen MR) is 73.1 cm³/mol. The quantitative estimate of drug-likeness (QED) is 0.843. The third-order valence-electron chi connectivity index (χ3n) is 2.65. The summed E-state index contributed by atoms with van der Waals surface area (Å²) >= 11 is 4.97. The minimum absolute atomic E-state index is 0.431. The molecule has 3 nitrogen and oxygen atoms in total. The molecule has 4 heteroatoms. The number of aromatic nitrogens is 2. The van der Waals surface area contributed by atoms with Crippen LogP contribution in [0.4, 0.5) is 0 Å². The van der Waals surface area contributed by atoms with Crippen LogP contribution in [-0.2, 0) is 6.54 Å². The standard InChI is InChI=1S/C13H15N3S/c1-9-6-10(2)16(15-9)8-11-4-3-5-12(7-11)13(14)17/h3-7H,8H2,1-2H3,(H2,14,17). The molecule has 0 radical (unpaired) electrons. The molecule has 0 aliphatic rings. The Hall–Kier alpha value is -1.68. The maximum atomic E-state index is 5.62. The van der Waals surface area contributed by atoms with Crippen LogP contribution in [0.3, 0.4) is 0 Å². The molecule has 0 saturated carbocycles. The van der Waals surface area contributed by atoms with E-state index in [-0.39, 0.29) is 0 Å². The number of hydrogen-bond acceptors (Lipinski definition) is 2. The molecule has 1 aromatic heterocycles. The molecule has 17 heavy (non-hydrogen) atoms. The Morgan fingerprint density at radius 3 is 2.71 bits per heavy atom. The Balaban J connectivity index is 2.27. The molecule has 0 bridgehead atoms. The summed E-state index contributed by atoms with van der Waals surface area (Å²) in [5.41, 5.74) is 9.87. The lowest BCUT2D eigenvalue weighted by molar-refractivity contribution is 0.659. The minimum Gasteiger partial charge on any atom is -0.389 e. The first kappa shape index (κ1) is 11.8. The zero-order valence-corrected chi connectivity index (χ0v) is 10.8. The van der Waals surface area contributed by atoms with Crippen molar-refractivity contribution in [3.8, 4) is 0 Å². The normalized spacial score (nSPS) is 10.5. The number of nitrogens with two attached hydrogens (primary N) is 1. The molecule has 0 aliphatic heterocycles. The first-order valence-corrected chi connectivity index (χ1v) is 5.87. The number of thiocarbonyl (C=S) groups is 1. The van der Waals surface area contributed by atoms with Gasteiger partial charge >= 0.3 is 0 Å². The van der Waals surface area contributed by atoms with Gasteiger partial charge in [-0.05, 0) is 31.5 Å². The molecule has 2 N–H and O–H groups in total. The van der Waals surface area contributed by atoms with E-state index in [0.717, 1.165) is 29.1 Å². The van der Waals surface area contributed by atoms with Crippen molar-refractivity contribution in [3.63, 3.8) is 0 Å². The maximum Gasteiger partial charge on any atom is 0.103 e. The van der Waals surface area contributed by atoms with E-state index >= 15 is 0 Å². The summed E-state index contributed by atoms with van der Waals surface area (Å²) in [4.78, 5) is 0.431. The number of nitrogens with zero attached hydrogens (tertiary/aromatic N) is 2. The third-order valence-corrected chi connectivity index (χ3v) is 2.88. The first-order valence-electron chi connectivity index (χ1n) is 5.46. The number of benzene rings is 1. The van der Waals surface area contributed by atoms with Crippen molar-refractivity contribution in [2.75, 3.05) is 0 Å². The van der Waals surface area contributed by atoms with Gasteiger partial charge in [-0.2, -0.15) is 5.10 Å². The second-order valence-electron chi connectivity index (χ2n) is 4.15. The molecular formula is C13H15N3S. The summed E-state index contributed by atoms with van der Waals surface area (Å²) in [5.74, 6) is 0. The molecule has 1 heterocycles. The van der Waals surface area contributed by atoms with Gasteiger partial charge in [-0.15, -0.1) is 0 Å². The van der Waals surface area contributed by atoms with Gasteiger partial charge in [-0.1, -0.05) is 30.4 Å². The lowest BCUT2D eigenvalue weighted by Gasteiger charge is -2.06. The highest BCUT2D eigenvalue weighted by molar-refractivity contribution is 7.80. The molecule has 2 aromatic rings. The molecule has 0 saturated heterocycles. The van der Waals surface area contributed by atoms with E-state index in [2.05, 4.69) is 24.2 Å². The van der Waals surface area contributed by atoms with Gasteiger partial charge in [-0.3, -0.25) is 4.68 Å². The summed E-state index contributed by atoms with van der Waals surface area (Å²) in [6.45, 7) is 4.79. The molecular weight excluding hydrogens is 230 g/mol. The van der Waals surface area contributed by atoms with Gasteiger partial charge in [0.25, 0.3) is 0 Å². The molecule has 0 spiro atoms. The van der Waals surface area contributed by atoms with Crippen LogP contribution in [0.25, 0.3) is 0 Å². The Morgan fingerprint density at radius 2 is 2.12 bits per heavy atom. The molecule has 0 fully saturated rings. The van der Waals surface area contributed by atoms with Gasteiger partial charge in [0.15, 0.2) is 0 Å². The van der Waals surface area contributed by atoms with Crippen LogP contribution in [0.1, 0.15) is 22.5 Å². The van der Waals surface area contributed by atoms with E-state index in [1.54, 1.807) is 0 Å². The fourth-order valence-electron chi connectivity index (χ4n) is 1.83. The van der Waals surface area contributed by atoms with E-state index in [1.807, 2.05) is 29.8 Å². The average Bonchev–Trinajstić information content (AvgIpc) is 2.58. The van der Waals surface area contributed by atoms with Crippen molar-refractivity contribution in [3.05, 3.63) is 52.8 Å². The Labute approximate surface area is 106 Å². The number of hydrogen-bond donors (Lipinski definition) is 1. The smallest absolute Gasteiger partial charge is 0.103 e. The van der Waals surface area contributed by atoms with Crippen molar-refractivity contribution in [1.82, 2.24) is 9.78 Å². The highest BCUT2D eigenvalue weighted by atomic mass is 32.1. The van der Waals surface area contributed by atoms with Gasteiger partial charge in [0.2, 0.25) is 0 Å². The zero-order valence-electron chi connectivity index (χ0n) is 9.97. The van der Waals surface area contributed by atoms with Crippen LogP contribution in [-0.4, -0.2) is 14.8 Å².